The summed E-state index contributed by atoms with van der Waals surface area (Å²) >= 11 is 0. The lowest BCUT2D eigenvalue weighted by Crippen LogP contribution is -1.92. The molecule has 0 bridgehead atoms. The fraction of sp³-hybridized carbons (Fsp3) is 0.0769. The lowest BCUT2D eigenvalue weighted by Gasteiger charge is -2.02. The number of pyridine rings is 1. The van der Waals surface area contributed by atoms with Crippen molar-refractivity contribution in [2.45, 2.75) is 0 Å². The van der Waals surface area contributed by atoms with Crippen LogP contribution in [0.1, 0.15) is 0 Å². The van der Waals surface area contributed by atoms with Crippen LogP contribution in [0.15, 0.2) is 47.9 Å². The maximum absolute atomic E-state index is 10.6. The molecule has 2 heterocycles. The molecule has 88 valence electrons. The summed E-state index contributed by atoms with van der Waals surface area (Å²) in [5, 5.41) is 2.94. The number of rotatable bonds is 2. The molecule has 0 aliphatic rings. The van der Waals surface area contributed by atoms with Crippen molar-refractivity contribution < 1.29 is 0 Å². The Morgan fingerprint density at radius 1 is 1.28 bits per heavy atom. The van der Waals surface area contributed by atoms with E-state index >= 15 is 0 Å². The summed E-state index contributed by atoms with van der Waals surface area (Å²) in [5.74, 6) is 0.795. The molecule has 0 fully saturated rings. The summed E-state index contributed by atoms with van der Waals surface area (Å²) in [4.78, 5) is 19.2. The SMILES string of the molecule is Cn1c(-c2cccc(N=O)c2)nc2ccncc21. The largest absolute Gasteiger partial charge is 0.326 e. The van der Waals surface area contributed by atoms with Crippen molar-refractivity contribution >= 4 is 16.7 Å². The van der Waals surface area contributed by atoms with Crippen molar-refractivity contribution in [3.05, 3.63) is 47.6 Å². The van der Waals surface area contributed by atoms with Crippen molar-refractivity contribution in [2.24, 2.45) is 12.2 Å². The van der Waals surface area contributed by atoms with Gasteiger partial charge in [-0.25, -0.2) is 4.98 Å². The van der Waals surface area contributed by atoms with E-state index in [9.17, 15) is 4.91 Å². The van der Waals surface area contributed by atoms with E-state index in [2.05, 4.69) is 15.1 Å². The highest BCUT2D eigenvalue weighted by molar-refractivity contribution is 5.80. The maximum atomic E-state index is 10.6. The molecule has 0 amide bonds. The predicted molar refractivity (Wildman–Crippen MR) is 69.4 cm³/mol. The number of hydrogen-bond donors (Lipinski definition) is 0. The average molecular weight is 238 g/mol. The molecule has 1 aromatic carbocycles. The maximum Gasteiger partial charge on any atom is 0.140 e. The lowest BCUT2D eigenvalue weighted by atomic mass is 10.2. The summed E-state index contributed by atoms with van der Waals surface area (Å²) in [6.07, 6.45) is 3.48. The van der Waals surface area contributed by atoms with Gasteiger partial charge in [0.15, 0.2) is 0 Å². The molecule has 0 aliphatic heterocycles. The molecule has 3 rings (SSSR count). The van der Waals surface area contributed by atoms with Gasteiger partial charge in [-0.05, 0) is 23.4 Å². The number of aromatic nitrogens is 3. The molecule has 3 aromatic rings. The molecule has 0 spiro atoms. The van der Waals surface area contributed by atoms with Crippen molar-refractivity contribution in [1.82, 2.24) is 14.5 Å². The fourth-order valence-corrected chi connectivity index (χ4v) is 1.99. The Morgan fingerprint density at radius 2 is 2.17 bits per heavy atom. The van der Waals surface area contributed by atoms with Gasteiger partial charge in [0, 0.05) is 18.8 Å². The average Bonchev–Trinajstić information content (AvgIpc) is 2.77. The minimum Gasteiger partial charge on any atom is -0.326 e. The molecule has 0 atom stereocenters. The summed E-state index contributed by atoms with van der Waals surface area (Å²) in [6.45, 7) is 0. The Bertz CT molecular complexity index is 733. The van der Waals surface area contributed by atoms with E-state index in [0.717, 1.165) is 22.4 Å². The number of benzene rings is 1. The first-order valence-electron chi connectivity index (χ1n) is 5.50. The predicted octanol–water partition coefficient (Wildman–Crippen LogP) is 3.03. The quantitative estimate of drug-likeness (QED) is 0.645. The molecule has 0 aliphatic carbocycles. The number of fused-ring (bicyclic) bond motifs is 1. The van der Waals surface area contributed by atoms with Crippen LogP contribution >= 0.6 is 0 Å². The second-order valence-electron chi connectivity index (χ2n) is 4.00. The Balaban J connectivity index is 2.24. The van der Waals surface area contributed by atoms with Crippen LogP contribution in [0.5, 0.6) is 0 Å². The second-order valence-corrected chi connectivity index (χ2v) is 4.00. The topological polar surface area (TPSA) is 60.1 Å². The van der Waals surface area contributed by atoms with Gasteiger partial charge in [-0.1, -0.05) is 12.1 Å². The normalized spacial score (nSPS) is 10.7. The van der Waals surface area contributed by atoms with Gasteiger partial charge in [-0.15, -0.1) is 4.91 Å². The Kier molecular flexibility index (Phi) is 2.37. The van der Waals surface area contributed by atoms with Gasteiger partial charge in [-0.3, -0.25) is 4.98 Å². The van der Waals surface area contributed by atoms with Crippen LogP contribution in [0.2, 0.25) is 0 Å². The molecular weight excluding hydrogens is 228 g/mol. The zero-order valence-electron chi connectivity index (χ0n) is 9.74. The molecule has 0 N–H and O–H groups in total. The first-order chi connectivity index (χ1) is 8.79. The second kappa shape index (κ2) is 4.03. The Labute approximate surface area is 103 Å². The number of aryl methyl sites for hydroxylation is 1. The van der Waals surface area contributed by atoms with E-state index in [-0.39, 0.29) is 0 Å². The van der Waals surface area contributed by atoms with E-state index in [1.54, 1.807) is 30.6 Å². The van der Waals surface area contributed by atoms with E-state index in [1.807, 2.05) is 23.7 Å². The van der Waals surface area contributed by atoms with E-state index in [1.165, 1.54) is 0 Å². The highest BCUT2D eigenvalue weighted by atomic mass is 16.3. The fourth-order valence-electron chi connectivity index (χ4n) is 1.99. The Morgan fingerprint density at radius 3 is 2.94 bits per heavy atom. The molecule has 0 unspecified atom stereocenters. The highest BCUT2D eigenvalue weighted by Gasteiger charge is 2.09. The minimum atomic E-state index is 0.401. The molecular formula is C13H10N4O. The van der Waals surface area contributed by atoms with Crippen LogP contribution in [0.25, 0.3) is 22.4 Å². The first-order valence-corrected chi connectivity index (χ1v) is 5.50. The van der Waals surface area contributed by atoms with Crippen molar-refractivity contribution in [3.63, 3.8) is 0 Å². The summed E-state index contributed by atoms with van der Waals surface area (Å²) in [6, 6.07) is 8.95. The van der Waals surface area contributed by atoms with Gasteiger partial charge in [0.25, 0.3) is 0 Å². The van der Waals surface area contributed by atoms with E-state index < -0.39 is 0 Å². The lowest BCUT2D eigenvalue weighted by molar-refractivity contribution is 0.956. The zero-order chi connectivity index (χ0) is 12.5. The van der Waals surface area contributed by atoms with Gasteiger partial charge in [0.05, 0.1) is 17.2 Å². The van der Waals surface area contributed by atoms with Crippen LogP contribution in [-0.2, 0) is 7.05 Å². The number of imidazole rings is 1. The number of nitroso groups, excluding NO2 is 1. The standard InChI is InChI=1S/C13H10N4O/c1-17-12-8-14-6-5-11(12)15-13(17)9-3-2-4-10(7-9)16-18/h2-8H,1H3. The van der Waals surface area contributed by atoms with Crippen LogP contribution in [0, 0.1) is 4.91 Å². The van der Waals surface area contributed by atoms with Crippen molar-refractivity contribution in [1.29, 1.82) is 0 Å². The van der Waals surface area contributed by atoms with Gasteiger partial charge in [0.2, 0.25) is 0 Å². The monoisotopic (exact) mass is 238 g/mol. The van der Waals surface area contributed by atoms with Crippen LogP contribution < -0.4 is 0 Å². The third kappa shape index (κ3) is 1.57. The van der Waals surface area contributed by atoms with Gasteiger partial charge >= 0.3 is 0 Å². The number of nitrogens with zero attached hydrogens (tertiary/aromatic N) is 4. The van der Waals surface area contributed by atoms with Crippen LogP contribution in [-0.4, -0.2) is 14.5 Å². The smallest absolute Gasteiger partial charge is 0.140 e. The molecule has 0 radical (unpaired) electrons. The third-order valence-electron chi connectivity index (χ3n) is 2.89. The Hall–Kier alpha value is -2.56. The minimum absolute atomic E-state index is 0.401. The summed E-state index contributed by atoms with van der Waals surface area (Å²) in [7, 11) is 1.92. The molecule has 2 aromatic heterocycles. The molecule has 0 saturated heterocycles. The van der Waals surface area contributed by atoms with Gasteiger partial charge in [0.1, 0.15) is 11.5 Å². The summed E-state index contributed by atoms with van der Waals surface area (Å²) in [5.41, 5.74) is 3.10. The zero-order valence-corrected chi connectivity index (χ0v) is 9.74. The van der Waals surface area contributed by atoms with Gasteiger partial charge in [-0.2, -0.15) is 0 Å². The van der Waals surface area contributed by atoms with E-state index in [0.29, 0.717) is 5.69 Å². The molecule has 5 nitrogen and oxygen atoms in total. The third-order valence-corrected chi connectivity index (χ3v) is 2.89. The van der Waals surface area contributed by atoms with Crippen LogP contribution in [0.3, 0.4) is 0 Å². The molecule has 18 heavy (non-hydrogen) atoms. The highest BCUT2D eigenvalue weighted by Crippen LogP contribution is 2.25. The summed E-state index contributed by atoms with van der Waals surface area (Å²) < 4.78 is 1.95. The van der Waals surface area contributed by atoms with Gasteiger partial charge < -0.3 is 4.57 Å². The van der Waals surface area contributed by atoms with E-state index in [4.69, 9.17) is 0 Å². The van der Waals surface area contributed by atoms with Crippen LogP contribution in [0.4, 0.5) is 5.69 Å². The first kappa shape index (κ1) is 10.6. The van der Waals surface area contributed by atoms with Crippen molar-refractivity contribution in [2.75, 3.05) is 0 Å². The molecule has 0 saturated carbocycles. The van der Waals surface area contributed by atoms with Crippen molar-refractivity contribution in [3.8, 4) is 11.4 Å². The molecule has 5 heteroatoms. The number of hydrogen-bond acceptors (Lipinski definition) is 4.